The van der Waals surface area contributed by atoms with Gasteiger partial charge in [0.25, 0.3) is 10.1 Å². The molecule has 7 N–H and O–H groups in total. The second-order valence-corrected chi connectivity index (χ2v) is 6.87. The normalized spacial score (nSPS) is 23.6. The molecule has 1 aromatic rings. The number of nitrogens with two attached hydrogens (primary N) is 2. The van der Waals surface area contributed by atoms with Crippen molar-refractivity contribution >= 4 is 27.4 Å². The van der Waals surface area contributed by atoms with Crippen LogP contribution in [0.2, 0.25) is 0 Å². The number of aliphatic hydroxyl groups excluding tert-OH is 1. The zero-order chi connectivity index (χ0) is 18.0. The molecule has 0 amide bonds. The molecule has 0 aromatic heterocycles. The van der Waals surface area contributed by atoms with E-state index in [-0.39, 0.29) is 22.5 Å². The number of allylic oxidation sites excluding steroid dienone is 3. The highest BCUT2D eigenvalue weighted by atomic mass is 32.2. The Balaban J connectivity index is 2.34. The van der Waals surface area contributed by atoms with Crippen LogP contribution in [-0.2, 0) is 10.1 Å². The van der Waals surface area contributed by atoms with Crippen LogP contribution in [0.15, 0.2) is 34.6 Å². The molecule has 2 unspecified atom stereocenters. The number of phenols is 1. The smallest absolute Gasteiger partial charge is 0.297 e. The summed E-state index contributed by atoms with van der Waals surface area (Å²) < 4.78 is 31.9. The zero-order valence-electron chi connectivity index (χ0n) is 11.9. The summed E-state index contributed by atoms with van der Waals surface area (Å²) in [5.41, 5.74) is 10.3. The number of ketones is 2. The Morgan fingerprint density at radius 2 is 1.54 bits per heavy atom. The van der Waals surface area contributed by atoms with Crippen molar-refractivity contribution in [3.63, 3.8) is 0 Å². The third-order valence-electron chi connectivity index (χ3n) is 4.09. The third kappa shape index (κ3) is 2.00. The molecule has 1 aromatic carbocycles. The number of aliphatic hydroxyl groups is 1. The average Bonchev–Trinajstić information content (AvgIpc) is 2.47. The van der Waals surface area contributed by atoms with Gasteiger partial charge in [-0.1, -0.05) is 0 Å². The van der Waals surface area contributed by atoms with Crippen LogP contribution in [0.5, 0.6) is 5.75 Å². The van der Waals surface area contributed by atoms with Crippen LogP contribution in [0, 0.1) is 11.8 Å². The Hall–Kier alpha value is -2.85. The van der Waals surface area contributed by atoms with Gasteiger partial charge in [-0.15, -0.1) is 0 Å². The van der Waals surface area contributed by atoms with Gasteiger partial charge >= 0.3 is 0 Å². The first-order chi connectivity index (χ1) is 11.1. The molecule has 24 heavy (non-hydrogen) atoms. The molecule has 0 heterocycles. The molecule has 9 nitrogen and oxygen atoms in total. The lowest BCUT2D eigenvalue weighted by Gasteiger charge is -2.34. The van der Waals surface area contributed by atoms with E-state index in [9.17, 15) is 28.2 Å². The maximum atomic E-state index is 12.7. The van der Waals surface area contributed by atoms with Crippen LogP contribution in [0.4, 0.5) is 5.69 Å². The zero-order valence-corrected chi connectivity index (χ0v) is 12.7. The number of phenolic OH excluding ortho intramolecular Hbond substituents is 1. The lowest BCUT2D eigenvalue weighted by molar-refractivity contribution is 0.0745. The van der Waals surface area contributed by atoms with E-state index < -0.39 is 49.9 Å². The number of hydrogen-bond acceptors (Lipinski definition) is 8. The van der Waals surface area contributed by atoms with Gasteiger partial charge in [-0.05, 0) is 18.2 Å². The Morgan fingerprint density at radius 1 is 0.958 bits per heavy atom. The Kier molecular flexibility index (Phi) is 3.22. The fourth-order valence-corrected chi connectivity index (χ4v) is 3.71. The third-order valence-corrected chi connectivity index (χ3v) is 4.97. The van der Waals surface area contributed by atoms with E-state index in [0.717, 1.165) is 6.07 Å². The summed E-state index contributed by atoms with van der Waals surface area (Å²) in [6.07, 6.45) is 0.714. The standard InChI is InChI=1S/C14H12N2O7S/c15-4-1-2-6(17)10-8(4)14(20)11-9(13(10)19)5(16)3-7(12(11)18)24(21,22)23/h1-3,9,11,17-18H,15-16H2,(H,21,22,23). The van der Waals surface area contributed by atoms with Crippen molar-refractivity contribution in [3.05, 3.63) is 45.7 Å². The Bertz CT molecular complexity index is 975. The van der Waals surface area contributed by atoms with Crippen LogP contribution < -0.4 is 11.5 Å². The van der Waals surface area contributed by atoms with Gasteiger partial charge in [0, 0.05) is 11.4 Å². The molecule has 0 aliphatic heterocycles. The van der Waals surface area contributed by atoms with Gasteiger partial charge in [-0.2, -0.15) is 8.42 Å². The van der Waals surface area contributed by atoms with Gasteiger partial charge in [0.05, 0.1) is 23.0 Å². The molecule has 0 bridgehead atoms. The molecule has 2 aliphatic rings. The van der Waals surface area contributed by atoms with Crippen LogP contribution in [0.25, 0.3) is 0 Å². The fraction of sp³-hybridized carbons (Fsp3) is 0.143. The number of hydrogen-bond donors (Lipinski definition) is 5. The van der Waals surface area contributed by atoms with E-state index in [4.69, 9.17) is 16.0 Å². The Morgan fingerprint density at radius 3 is 2.12 bits per heavy atom. The molecule has 126 valence electrons. The molecular formula is C14H12N2O7S. The number of carbonyl (C=O) groups excluding carboxylic acids is 2. The van der Waals surface area contributed by atoms with Crippen molar-refractivity contribution < 1.29 is 32.8 Å². The maximum absolute atomic E-state index is 12.7. The maximum Gasteiger partial charge on any atom is 0.297 e. The van der Waals surface area contributed by atoms with E-state index in [1.807, 2.05) is 0 Å². The average molecular weight is 352 g/mol. The van der Waals surface area contributed by atoms with Crippen LogP contribution >= 0.6 is 0 Å². The number of nitrogen functional groups attached to an aromatic ring is 1. The van der Waals surface area contributed by atoms with Crippen molar-refractivity contribution in [2.75, 3.05) is 5.73 Å². The summed E-state index contributed by atoms with van der Waals surface area (Å²) in [6, 6.07) is 2.34. The van der Waals surface area contributed by atoms with Crippen LogP contribution in [0.1, 0.15) is 20.7 Å². The first kappa shape index (κ1) is 16.0. The molecule has 10 heteroatoms. The van der Waals surface area contributed by atoms with Gasteiger partial charge in [-0.3, -0.25) is 14.1 Å². The SMILES string of the molecule is NC1=CC(S(=O)(=O)O)=C(O)C2C(=O)c3c(N)ccc(O)c3C(=O)C12. The topological polar surface area (TPSA) is 181 Å². The molecule has 2 atom stereocenters. The van der Waals surface area contributed by atoms with Crippen LogP contribution in [0.3, 0.4) is 0 Å². The van der Waals surface area contributed by atoms with Crippen molar-refractivity contribution in [1.82, 2.24) is 0 Å². The molecule has 0 saturated heterocycles. The Labute approximate surface area is 135 Å². The number of anilines is 1. The number of aromatic hydroxyl groups is 1. The lowest BCUT2D eigenvalue weighted by atomic mass is 9.69. The highest BCUT2D eigenvalue weighted by molar-refractivity contribution is 7.90. The van der Waals surface area contributed by atoms with Crippen molar-refractivity contribution in [1.29, 1.82) is 0 Å². The molecule has 2 aliphatic carbocycles. The largest absolute Gasteiger partial charge is 0.510 e. The molecule has 0 radical (unpaired) electrons. The van der Waals surface area contributed by atoms with Gasteiger partial charge < -0.3 is 21.7 Å². The minimum atomic E-state index is -4.87. The van der Waals surface area contributed by atoms with Gasteiger partial charge in [0.1, 0.15) is 16.4 Å². The van der Waals surface area contributed by atoms with Crippen LogP contribution in [-0.4, -0.2) is 34.8 Å². The molecular weight excluding hydrogens is 340 g/mol. The first-order valence-corrected chi connectivity index (χ1v) is 8.07. The van der Waals surface area contributed by atoms with Gasteiger partial charge in [-0.25, -0.2) is 0 Å². The summed E-state index contributed by atoms with van der Waals surface area (Å²) in [6.45, 7) is 0. The fourth-order valence-electron chi connectivity index (χ4n) is 3.04. The van der Waals surface area contributed by atoms with Gasteiger partial charge in [0.15, 0.2) is 11.6 Å². The number of benzene rings is 1. The summed E-state index contributed by atoms with van der Waals surface area (Å²) in [5, 5.41) is 20.0. The monoisotopic (exact) mass is 352 g/mol. The van der Waals surface area contributed by atoms with Crippen molar-refractivity contribution in [2.45, 2.75) is 0 Å². The first-order valence-electron chi connectivity index (χ1n) is 6.63. The van der Waals surface area contributed by atoms with Gasteiger partial charge in [0.2, 0.25) is 0 Å². The second-order valence-electron chi connectivity index (χ2n) is 5.48. The minimum Gasteiger partial charge on any atom is -0.510 e. The van der Waals surface area contributed by atoms with Crippen molar-refractivity contribution in [3.8, 4) is 5.75 Å². The number of fused-ring (bicyclic) bond motifs is 2. The molecule has 3 rings (SSSR count). The van der Waals surface area contributed by atoms with E-state index in [0.29, 0.717) is 6.08 Å². The molecule has 0 spiro atoms. The highest BCUT2D eigenvalue weighted by Crippen LogP contribution is 2.45. The summed E-state index contributed by atoms with van der Waals surface area (Å²) in [7, 11) is -4.87. The second kappa shape index (κ2) is 4.82. The van der Waals surface area contributed by atoms with E-state index in [2.05, 4.69) is 0 Å². The quantitative estimate of drug-likeness (QED) is 0.266. The number of Topliss-reactive ketones (excluding diaryl/α,β-unsaturated/α-hetero) is 2. The van der Waals surface area contributed by atoms with E-state index in [1.165, 1.54) is 6.07 Å². The van der Waals surface area contributed by atoms with E-state index in [1.54, 1.807) is 0 Å². The highest BCUT2D eigenvalue weighted by Gasteiger charge is 2.50. The summed E-state index contributed by atoms with van der Waals surface area (Å²) in [4.78, 5) is 24.4. The lowest BCUT2D eigenvalue weighted by Crippen LogP contribution is -2.43. The predicted octanol–water partition coefficient (Wildman–Crippen LogP) is 0.0994. The summed E-state index contributed by atoms with van der Waals surface area (Å²) in [5.74, 6) is -6.18. The predicted molar refractivity (Wildman–Crippen MR) is 81.6 cm³/mol. The minimum absolute atomic E-state index is 0.117. The van der Waals surface area contributed by atoms with E-state index >= 15 is 0 Å². The molecule has 0 fully saturated rings. The summed E-state index contributed by atoms with van der Waals surface area (Å²) >= 11 is 0. The number of carbonyl (C=O) groups is 2. The molecule has 0 saturated carbocycles. The number of rotatable bonds is 1. The van der Waals surface area contributed by atoms with Crippen molar-refractivity contribution in [2.24, 2.45) is 17.6 Å².